The van der Waals surface area contributed by atoms with Crippen LogP contribution < -0.4 is 10.6 Å². The topological polar surface area (TPSA) is 84.2 Å². The lowest BCUT2D eigenvalue weighted by molar-refractivity contribution is 0.102. The van der Waals surface area contributed by atoms with Crippen molar-refractivity contribution in [2.45, 2.75) is 13.5 Å². The molecule has 0 unspecified atom stereocenters. The third-order valence-corrected chi connectivity index (χ3v) is 4.49. The molecule has 0 aliphatic carbocycles. The molecule has 3 aromatic rings. The molecule has 7 nitrogen and oxygen atoms in total. The van der Waals surface area contributed by atoms with Gasteiger partial charge in [0, 0.05) is 17.8 Å². The summed E-state index contributed by atoms with van der Waals surface area (Å²) in [5.74, 6) is 0.467. The number of para-hydroxylation sites is 1. The monoisotopic (exact) mass is 338 g/mol. The van der Waals surface area contributed by atoms with Gasteiger partial charge in [0.25, 0.3) is 5.91 Å². The van der Waals surface area contributed by atoms with Gasteiger partial charge in [-0.2, -0.15) is 5.10 Å². The van der Waals surface area contributed by atoms with Crippen LogP contribution in [0.5, 0.6) is 0 Å². The fourth-order valence-corrected chi connectivity index (χ4v) is 3.34. The molecule has 2 N–H and O–H groups in total. The van der Waals surface area contributed by atoms with Crippen LogP contribution >= 0.6 is 11.3 Å². The molecule has 1 aromatic carbocycles. The summed E-state index contributed by atoms with van der Waals surface area (Å²) in [6.45, 7) is 2.54. The maximum Gasteiger partial charge on any atom is 0.277 e. The number of hydrogen-bond donors (Lipinski definition) is 2. The number of fused-ring (bicyclic) bond motifs is 1. The Labute approximate surface area is 142 Å². The molecule has 0 saturated heterocycles. The number of nitrogens with zero attached hydrogens (tertiary/aromatic N) is 4. The van der Waals surface area contributed by atoms with Crippen LogP contribution in [0.1, 0.15) is 21.1 Å². The van der Waals surface area contributed by atoms with Gasteiger partial charge >= 0.3 is 0 Å². The molecule has 2 aromatic heterocycles. The van der Waals surface area contributed by atoms with Crippen LogP contribution in [0.4, 0.5) is 11.5 Å². The average molecular weight is 338 g/mol. The van der Waals surface area contributed by atoms with E-state index in [4.69, 9.17) is 0 Å². The van der Waals surface area contributed by atoms with Crippen molar-refractivity contribution in [3.05, 3.63) is 52.8 Å². The maximum atomic E-state index is 12.7. The number of amides is 1. The highest BCUT2D eigenvalue weighted by Crippen LogP contribution is 2.30. The Bertz CT molecular complexity index is 927. The number of carbonyl (C=O) groups is 1. The molecule has 4 rings (SSSR count). The summed E-state index contributed by atoms with van der Waals surface area (Å²) >= 11 is 1.42. The molecular formula is C16H14N6OS. The van der Waals surface area contributed by atoms with Crippen LogP contribution in [0.2, 0.25) is 0 Å². The lowest BCUT2D eigenvalue weighted by Crippen LogP contribution is -2.16. The minimum Gasteiger partial charge on any atom is -0.372 e. The number of thiazole rings is 1. The quantitative estimate of drug-likeness (QED) is 0.769. The number of benzene rings is 1. The number of aryl methyl sites for hydroxylation is 1. The van der Waals surface area contributed by atoms with Crippen molar-refractivity contribution in [1.29, 1.82) is 0 Å². The molecule has 120 valence electrons. The second kappa shape index (κ2) is 5.89. The Morgan fingerprint density at radius 2 is 2.17 bits per heavy atom. The first kappa shape index (κ1) is 14.6. The Hall–Kier alpha value is -3.00. The zero-order chi connectivity index (χ0) is 16.5. The van der Waals surface area contributed by atoms with E-state index in [0.29, 0.717) is 17.2 Å². The summed E-state index contributed by atoms with van der Waals surface area (Å²) in [7, 11) is 0. The van der Waals surface area contributed by atoms with Crippen LogP contribution in [-0.4, -0.2) is 27.0 Å². The number of carbonyl (C=O) groups excluding carboxylic acids is 1. The van der Waals surface area contributed by atoms with E-state index < -0.39 is 0 Å². The molecule has 3 heterocycles. The molecule has 0 saturated carbocycles. The van der Waals surface area contributed by atoms with Crippen molar-refractivity contribution in [3.8, 4) is 5.00 Å². The number of hydrogen-bond acceptors (Lipinski definition) is 6. The molecule has 8 heteroatoms. The number of aromatic nitrogens is 3. The standard InChI is InChI=1S/C16H14N6OS/c1-10-20-13(15(23)21-12-5-3-2-4-6-12)16(24-10)22-14-11(8-19-22)7-17-9-18-14/h2-6,8-9H,7H2,1H3,(H,17,18)(H,21,23). The summed E-state index contributed by atoms with van der Waals surface area (Å²) in [4.78, 5) is 21.4. The second-order valence-corrected chi connectivity index (χ2v) is 6.43. The molecular weight excluding hydrogens is 324 g/mol. The SMILES string of the molecule is Cc1nc(C(=O)Nc2ccccc2)c(-n2ncc3c2N=CNC3)s1. The third-order valence-electron chi connectivity index (χ3n) is 3.54. The molecule has 1 aliphatic heterocycles. The first-order valence-electron chi connectivity index (χ1n) is 7.39. The van der Waals surface area contributed by atoms with E-state index in [9.17, 15) is 4.79 Å². The number of nitrogens with one attached hydrogen (secondary N) is 2. The van der Waals surface area contributed by atoms with Gasteiger partial charge in [-0.05, 0) is 19.1 Å². The number of aliphatic imine (C=N–C) groups is 1. The van der Waals surface area contributed by atoms with E-state index in [-0.39, 0.29) is 5.91 Å². The van der Waals surface area contributed by atoms with E-state index in [0.717, 1.165) is 22.1 Å². The lowest BCUT2D eigenvalue weighted by atomic mass is 10.3. The van der Waals surface area contributed by atoms with E-state index in [1.807, 2.05) is 37.3 Å². The summed E-state index contributed by atoms with van der Waals surface area (Å²) < 4.78 is 1.68. The van der Waals surface area contributed by atoms with Crippen LogP contribution in [0.15, 0.2) is 41.5 Å². The summed E-state index contributed by atoms with van der Waals surface area (Å²) in [6.07, 6.45) is 3.39. The Morgan fingerprint density at radius 1 is 1.33 bits per heavy atom. The summed E-state index contributed by atoms with van der Waals surface area (Å²) in [5, 5.41) is 11.8. The minimum atomic E-state index is -0.261. The predicted octanol–water partition coefficient (Wildman–Crippen LogP) is 2.65. The minimum absolute atomic E-state index is 0.261. The molecule has 24 heavy (non-hydrogen) atoms. The summed E-state index contributed by atoms with van der Waals surface area (Å²) in [6, 6.07) is 9.31. The van der Waals surface area contributed by atoms with E-state index in [2.05, 4.69) is 25.7 Å². The van der Waals surface area contributed by atoms with Crippen molar-refractivity contribution < 1.29 is 4.79 Å². The van der Waals surface area contributed by atoms with Gasteiger partial charge in [-0.3, -0.25) is 4.79 Å². The lowest BCUT2D eigenvalue weighted by Gasteiger charge is -2.09. The van der Waals surface area contributed by atoms with Crippen molar-refractivity contribution in [2.24, 2.45) is 4.99 Å². The maximum absolute atomic E-state index is 12.7. The normalized spacial score (nSPS) is 12.5. The molecule has 0 fully saturated rings. The van der Waals surface area contributed by atoms with Crippen LogP contribution in [0, 0.1) is 6.92 Å². The van der Waals surface area contributed by atoms with E-state index >= 15 is 0 Å². The Kier molecular flexibility index (Phi) is 3.58. The summed E-state index contributed by atoms with van der Waals surface area (Å²) in [5.41, 5.74) is 2.06. The highest BCUT2D eigenvalue weighted by Gasteiger charge is 2.23. The molecule has 1 aliphatic rings. The third kappa shape index (κ3) is 2.56. The van der Waals surface area contributed by atoms with Crippen LogP contribution in [0.25, 0.3) is 5.00 Å². The van der Waals surface area contributed by atoms with Gasteiger partial charge in [0.15, 0.2) is 16.5 Å². The largest absolute Gasteiger partial charge is 0.372 e. The fraction of sp³-hybridized carbons (Fsp3) is 0.125. The fourth-order valence-electron chi connectivity index (χ4n) is 2.47. The molecule has 0 atom stereocenters. The van der Waals surface area contributed by atoms with E-state index in [1.54, 1.807) is 17.2 Å². The van der Waals surface area contributed by atoms with Gasteiger partial charge in [-0.15, -0.1) is 0 Å². The first-order chi connectivity index (χ1) is 11.7. The van der Waals surface area contributed by atoms with Crippen LogP contribution in [0.3, 0.4) is 0 Å². The van der Waals surface area contributed by atoms with Gasteiger partial charge in [0.05, 0.1) is 17.5 Å². The molecule has 0 radical (unpaired) electrons. The highest BCUT2D eigenvalue weighted by atomic mass is 32.1. The molecule has 0 spiro atoms. The van der Waals surface area contributed by atoms with Crippen molar-refractivity contribution in [3.63, 3.8) is 0 Å². The van der Waals surface area contributed by atoms with Crippen LogP contribution in [-0.2, 0) is 6.54 Å². The van der Waals surface area contributed by atoms with Crippen molar-refractivity contribution in [2.75, 3.05) is 5.32 Å². The van der Waals surface area contributed by atoms with Gasteiger partial charge in [0.2, 0.25) is 0 Å². The van der Waals surface area contributed by atoms with Gasteiger partial charge in [-0.1, -0.05) is 29.5 Å². The number of rotatable bonds is 3. The zero-order valence-electron chi connectivity index (χ0n) is 12.9. The molecule has 0 bridgehead atoms. The smallest absolute Gasteiger partial charge is 0.277 e. The highest BCUT2D eigenvalue weighted by molar-refractivity contribution is 7.14. The van der Waals surface area contributed by atoms with Gasteiger partial charge < -0.3 is 10.6 Å². The first-order valence-corrected chi connectivity index (χ1v) is 8.21. The average Bonchev–Trinajstić information content (AvgIpc) is 3.19. The second-order valence-electron chi connectivity index (χ2n) is 5.25. The predicted molar refractivity (Wildman–Crippen MR) is 93.4 cm³/mol. The van der Waals surface area contributed by atoms with E-state index in [1.165, 1.54) is 11.3 Å². The van der Waals surface area contributed by atoms with Crippen molar-refractivity contribution in [1.82, 2.24) is 20.1 Å². The van der Waals surface area contributed by atoms with Gasteiger partial charge in [0.1, 0.15) is 0 Å². The molecule has 1 amide bonds. The Morgan fingerprint density at radius 3 is 3.00 bits per heavy atom. The zero-order valence-corrected chi connectivity index (χ0v) is 13.7. The van der Waals surface area contributed by atoms with Crippen molar-refractivity contribution >= 4 is 35.1 Å². The Balaban J connectivity index is 1.72. The van der Waals surface area contributed by atoms with Gasteiger partial charge in [-0.25, -0.2) is 14.7 Å². The number of anilines is 1.